The second kappa shape index (κ2) is 12.3. The first-order valence-corrected chi connectivity index (χ1v) is 22.3. The molecule has 0 bridgehead atoms. The standard InChI is InChI=1S/C30H58O5SSi2/c1-14-15-16-17-23(34-37(10,11)29(3,4)5)18-19-24-25-20-22(2)28(33-36(9,31)32)26(25)21-27(24)35-38(12,13)30(6,7)8/h18-19,23-28H,2,14-17,20-21H2,1,3-13H3/b19-18+/t23-,24-,25+,26-,27+,28?/m0/s1. The summed E-state index contributed by atoms with van der Waals surface area (Å²) in [5.74, 6) is 0.557. The summed E-state index contributed by atoms with van der Waals surface area (Å²) in [6.45, 7) is 29.4. The molecule has 0 aromatic rings. The normalized spacial score (nSPS) is 28.3. The van der Waals surface area contributed by atoms with Gasteiger partial charge in [-0.25, -0.2) is 0 Å². The molecule has 0 saturated heterocycles. The largest absolute Gasteiger partial charge is 0.413 e. The van der Waals surface area contributed by atoms with Gasteiger partial charge >= 0.3 is 0 Å². The highest BCUT2D eigenvalue weighted by Crippen LogP contribution is 2.54. The van der Waals surface area contributed by atoms with Crippen LogP contribution in [0.3, 0.4) is 0 Å². The smallest absolute Gasteiger partial charge is 0.264 e. The average Bonchev–Trinajstić information content (AvgIpc) is 3.18. The summed E-state index contributed by atoms with van der Waals surface area (Å²) in [6, 6.07) is 0. The van der Waals surface area contributed by atoms with Gasteiger partial charge in [-0.1, -0.05) is 86.5 Å². The van der Waals surface area contributed by atoms with E-state index < -0.39 is 32.9 Å². The molecule has 6 atom stereocenters. The van der Waals surface area contributed by atoms with Gasteiger partial charge in [0, 0.05) is 5.92 Å². The molecule has 2 fully saturated rings. The van der Waals surface area contributed by atoms with Crippen LogP contribution in [-0.4, -0.2) is 49.6 Å². The van der Waals surface area contributed by atoms with Crippen molar-refractivity contribution in [3.05, 3.63) is 24.3 Å². The van der Waals surface area contributed by atoms with Crippen LogP contribution in [-0.2, 0) is 23.2 Å². The lowest BCUT2D eigenvalue weighted by Gasteiger charge is -2.40. The summed E-state index contributed by atoms with van der Waals surface area (Å²) in [5.41, 5.74) is 0.895. The van der Waals surface area contributed by atoms with E-state index in [1.165, 1.54) is 12.8 Å². The van der Waals surface area contributed by atoms with E-state index in [4.69, 9.17) is 13.0 Å². The van der Waals surface area contributed by atoms with Crippen molar-refractivity contribution in [3.8, 4) is 0 Å². The monoisotopic (exact) mass is 586 g/mol. The number of fused-ring (bicyclic) bond motifs is 1. The fourth-order valence-corrected chi connectivity index (χ4v) is 8.72. The molecule has 0 aromatic heterocycles. The second-order valence-corrected chi connectivity index (χ2v) is 26.1. The first kappa shape index (κ1) is 33.9. The highest BCUT2D eigenvalue weighted by atomic mass is 32.2. The predicted molar refractivity (Wildman–Crippen MR) is 166 cm³/mol. The van der Waals surface area contributed by atoms with Crippen LogP contribution < -0.4 is 0 Å². The molecule has 2 aliphatic rings. The van der Waals surface area contributed by atoms with E-state index in [1.54, 1.807) is 0 Å². The van der Waals surface area contributed by atoms with Crippen LogP contribution in [0.25, 0.3) is 0 Å². The highest BCUT2D eigenvalue weighted by molar-refractivity contribution is 7.86. The first-order valence-electron chi connectivity index (χ1n) is 14.7. The number of hydrogen-bond acceptors (Lipinski definition) is 5. The number of rotatable bonds is 12. The van der Waals surface area contributed by atoms with Gasteiger partial charge in [0.25, 0.3) is 10.1 Å². The lowest BCUT2D eigenvalue weighted by atomic mass is 9.90. The zero-order valence-corrected chi connectivity index (χ0v) is 29.3. The van der Waals surface area contributed by atoms with Crippen LogP contribution in [0.2, 0.25) is 36.3 Å². The van der Waals surface area contributed by atoms with Crippen molar-refractivity contribution in [1.29, 1.82) is 0 Å². The molecule has 2 saturated carbocycles. The van der Waals surface area contributed by atoms with Crippen LogP contribution in [0.15, 0.2) is 24.3 Å². The highest BCUT2D eigenvalue weighted by Gasteiger charge is 2.54. The van der Waals surface area contributed by atoms with Crippen molar-refractivity contribution in [3.63, 3.8) is 0 Å². The maximum absolute atomic E-state index is 12.1. The predicted octanol–water partition coefficient (Wildman–Crippen LogP) is 8.46. The van der Waals surface area contributed by atoms with Crippen molar-refractivity contribution >= 4 is 26.8 Å². The molecule has 8 heteroatoms. The van der Waals surface area contributed by atoms with Crippen molar-refractivity contribution < 1.29 is 21.5 Å². The van der Waals surface area contributed by atoms with E-state index in [1.807, 2.05) is 0 Å². The summed E-state index contributed by atoms with van der Waals surface area (Å²) in [7, 11) is -7.54. The maximum atomic E-state index is 12.1. The minimum absolute atomic E-state index is 0.0464. The summed E-state index contributed by atoms with van der Waals surface area (Å²) < 4.78 is 43.7. The first-order chi connectivity index (χ1) is 17.1. The van der Waals surface area contributed by atoms with E-state index in [2.05, 4.69) is 93.4 Å². The Kier molecular flexibility index (Phi) is 11.0. The Morgan fingerprint density at radius 3 is 2.08 bits per heavy atom. The summed E-state index contributed by atoms with van der Waals surface area (Å²) in [5, 5.41) is 0.245. The maximum Gasteiger partial charge on any atom is 0.264 e. The fourth-order valence-electron chi connectivity index (χ4n) is 5.39. The van der Waals surface area contributed by atoms with Crippen molar-refractivity contribution in [2.24, 2.45) is 17.8 Å². The Bertz CT molecular complexity index is 943. The molecular formula is C30H58O5SSi2. The Labute approximate surface area is 237 Å². The third-order valence-corrected chi connectivity index (χ3v) is 19.3. The molecule has 38 heavy (non-hydrogen) atoms. The SMILES string of the molecule is C=C1C[C@@H]2[C@H](/C=C/[C@H](CCCCC)O[Si](C)(C)C(C)(C)C)[C@H](O[Si](C)(C)C(C)(C)C)C[C@@H]2C1OS(C)(=O)=O. The summed E-state index contributed by atoms with van der Waals surface area (Å²) >= 11 is 0. The van der Waals surface area contributed by atoms with Crippen LogP contribution in [0.4, 0.5) is 0 Å². The molecule has 0 aromatic carbocycles. The lowest BCUT2D eigenvalue weighted by molar-refractivity contribution is 0.139. The van der Waals surface area contributed by atoms with Crippen molar-refractivity contribution in [1.82, 2.24) is 0 Å². The summed E-state index contributed by atoms with van der Waals surface area (Å²) in [6.07, 6.45) is 11.7. The molecule has 0 spiro atoms. The van der Waals surface area contributed by atoms with Gasteiger partial charge in [-0.2, -0.15) is 8.42 Å². The number of unbranched alkanes of at least 4 members (excludes halogenated alkanes) is 2. The Morgan fingerprint density at radius 2 is 1.58 bits per heavy atom. The van der Waals surface area contributed by atoms with E-state index in [-0.39, 0.29) is 40.0 Å². The molecular weight excluding hydrogens is 529 g/mol. The van der Waals surface area contributed by atoms with E-state index >= 15 is 0 Å². The van der Waals surface area contributed by atoms with Crippen molar-refractivity contribution in [2.75, 3.05) is 6.26 Å². The molecule has 0 amide bonds. The van der Waals surface area contributed by atoms with E-state index in [9.17, 15) is 8.42 Å². The molecule has 222 valence electrons. The van der Waals surface area contributed by atoms with Crippen LogP contribution in [0.5, 0.6) is 0 Å². The minimum atomic E-state index is -3.57. The lowest BCUT2D eigenvalue weighted by Crippen LogP contribution is -2.45. The molecule has 5 nitrogen and oxygen atoms in total. The zero-order valence-electron chi connectivity index (χ0n) is 26.5. The van der Waals surface area contributed by atoms with Gasteiger partial charge in [0.2, 0.25) is 0 Å². The van der Waals surface area contributed by atoms with E-state index in [0.717, 1.165) is 37.5 Å². The van der Waals surface area contributed by atoms with Gasteiger partial charge in [-0.3, -0.25) is 4.18 Å². The molecule has 0 radical (unpaired) electrons. The molecule has 1 unspecified atom stereocenters. The van der Waals surface area contributed by atoms with Crippen molar-refractivity contribution in [2.45, 2.75) is 142 Å². The van der Waals surface area contributed by atoms with Gasteiger partial charge in [0.1, 0.15) is 6.10 Å². The Morgan fingerprint density at radius 1 is 1.00 bits per heavy atom. The molecule has 0 aliphatic heterocycles. The zero-order chi connectivity index (χ0) is 29.3. The molecule has 0 heterocycles. The third-order valence-electron chi connectivity index (χ3n) is 9.69. The van der Waals surface area contributed by atoms with Gasteiger partial charge in [-0.05, 0) is 72.9 Å². The van der Waals surface area contributed by atoms with E-state index in [0.29, 0.717) is 0 Å². The third kappa shape index (κ3) is 8.62. The minimum Gasteiger partial charge on any atom is -0.413 e. The van der Waals surface area contributed by atoms with Gasteiger partial charge in [0.15, 0.2) is 16.6 Å². The molecule has 2 rings (SSSR count). The summed E-state index contributed by atoms with van der Waals surface area (Å²) in [4.78, 5) is 0. The Balaban J connectivity index is 2.40. The van der Waals surface area contributed by atoms with Gasteiger partial charge < -0.3 is 8.85 Å². The quantitative estimate of drug-likeness (QED) is 0.0993. The molecule has 0 N–H and O–H groups in total. The average molecular weight is 587 g/mol. The van der Waals surface area contributed by atoms with Gasteiger partial charge in [0.05, 0.1) is 18.5 Å². The second-order valence-electron chi connectivity index (χ2n) is 14.9. The molecule has 2 aliphatic carbocycles. The van der Waals surface area contributed by atoms with Gasteiger partial charge in [-0.15, -0.1) is 0 Å². The topological polar surface area (TPSA) is 61.8 Å². The van der Waals surface area contributed by atoms with Crippen LogP contribution in [0, 0.1) is 17.8 Å². The van der Waals surface area contributed by atoms with Crippen LogP contribution >= 0.6 is 0 Å². The Hall–Kier alpha value is -0.256. The fraction of sp³-hybridized carbons (Fsp3) is 0.867. The number of hydrogen-bond donors (Lipinski definition) is 0. The van der Waals surface area contributed by atoms with Crippen LogP contribution in [0.1, 0.15) is 87.0 Å².